The van der Waals surface area contributed by atoms with Gasteiger partial charge in [0.25, 0.3) is 0 Å². The van der Waals surface area contributed by atoms with Gasteiger partial charge in [-0.3, -0.25) is 0 Å². The number of benzene rings is 4. The molecule has 1 atom stereocenters. The minimum Gasteiger partial charge on any atom is -0.338 e. The second-order valence-electron chi connectivity index (χ2n) is 20.6. The third kappa shape index (κ3) is 4.68. The monoisotopic (exact) mass is 697 g/mol. The highest BCUT2D eigenvalue weighted by molar-refractivity contribution is 6.16. The number of rotatable bonds is 3. The van der Waals surface area contributed by atoms with Crippen LogP contribution < -0.4 is 4.90 Å². The number of allylic oxidation sites excluding steroid dienone is 6. The van der Waals surface area contributed by atoms with Crippen LogP contribution in [0.1, 0.15) is 141 Å². The fourth-order valence-corrected chi connectivity index (χ4v) is 11.0. The molecule has 4 aromatic rings. The first-order valence-corrected chi connectivity index (χ1v) is 20.3. The molecule has 1 heteroatoms. The van der Waals surface area contributed by atoms with Gasteiger partial charge in [0, 0.05) is 27.6 Å². The molecule has 0 heterocycles. The third-order valence-corrected chi connectivity index (χ3v) is 14.0. The maximum Gasteiger partial charge on any atom is 0.0556 e. The van der Waals surface area contributed by atoms with Gasteiger partial charge in [-0.25, -0.2) is 0 Å². The standard InChI is InChI=1S/C52H59N/c1-30-17-26-36-39(27-30)51(10,11)46-42(36)37-15-14-16-38-43(37)45-44-40(50(38,8)9)28-35(29-41(44)52(12,13)47(45)46)53(33-22-18-31(19-23-33)48(2,3)4)34-24-20-32(21-25-34)49(5,6)7/h14-20,22,24,26-29,33H,21,23,25H2,1-13H3. The highest BCUT2D eigenvalue weighted by atomic mass is 15.2. The molecule has 0 bridgehead atoms. The summed E-state index contributed by atoms with van der Waals surface area (Å²) < 4.78 is 0. The smallest absolute Gasteiger partial charge is 0.0556 e. The van der Waals surface area contributed by atoms with E-state index in [0.29, 0.717) is 0 Å². The van der Waals surface area contributed by atoms with E-state index in [2.05, 4.69) is 174 Å². The predicted octanol–water partition coefficient (Wildman–Crippen LogP) is 14.2. The van der Waals surface area contributed by atoms with Crippen molar-refractivity contribution in [2.75, 3.05) is 4.90 Å². The van der Waals surface area contributed by atoms with Gasteiger partial charge in [-0.05, 0) is 127 Å². The van der Waals surface area contributed by atoms with Crippen molar-refractivity contribution < 1.29 is 0 Å². The van der Waals surface area contributed by atoms with Crippen LogP contribution in [0.15, 0.2) is 95.8 Å². The van der Waals surface area contributed by atoms with Gasteiger partial charge in [-0.2, -0.15) is 0 Å². The molecule has 0 amide bonds. The van der Waals surface area contributed by atoms with Crippen LogP contribution in [-0.2, 0) is 16.2 Å². The van der Waals surface area contributed by atoms with Crippen molar-refractivity contribution >= 4 is 16.5 Å². The Morgan fingerprint density at radius 2 is 1.34 bits per heavy atom. The van der Waals surface area contributed by atoms with Crippen molar-refractivity contribution in [1.29, 1.82) is 0 Å². The van der Waals surface area contributed by atoms with Gasteiger partial charge in [0.1, 0.15) is 0 Å². The molecular weight excluding hydrogens is 639 g/mol. The Kier molecular flexibility index (Phi) is 7.04. The summed E-state index contributed by atoms with van der Waals surface area (Å²) in [5.41, 5.74) is 22.0. The van der Waals surface area contributed by atoms with E-state index in [1.165, 1.54) is 77.8 Å². The van der Waals surface area contributed by atoms with E-state index in [0.717, 1.165) is 19.3 Å². The zero-order valence-corrected chi connectivity index (χ0v) is 34.7. The van der Waals surface area contributed by atoms with Crippen LogP contribution in [0, 0.1) is 17.8 Å². The Bertz CT molecular complexity index is 2420. The minimum absolute atomic E-state index is 0.0952. The number of nitrogens with zero attached hydrogens (tertiary/aromatic N) is 1. The lowest BCUT2D eigenvalue weighted by Gasteiger charge is -2.40. The van der Waals surface area contributed by atoms with Crippen molar-refractivity contribution in [3.05, 3.63) is 135 Å². The molecule has 0 spiro atoms. The topological polar surface area (TPSA) is 3.24 Å². The van der Waals surface area contributed by atoms with E-state index in [1.807, 2.05) is 0 Å². The Balaban J connectivity index is 1.32. The lowest BCUT2D eigenvalue weighted by atomic mass is 9.67. The zero-order valence-electron chi connectivity index (χ0n) is 34.7. The largest absolute Gasteiger partial charge is 0.338 e. The summed E-state index contributed by atoms with van der Waals surface area (Å²) in [6, 6.07) is 19.9. The summed E-state index contributed by atoms with van der Waals surface area (Å²) >= 11 is 0. The molecule has 4 aromatic carbocycles. The summed E-state index contributed by atoms with van der Waals surface area (Å²) in [6.07, 6.45) is 15.5. The lowest BCUT2D eigenvalue weighted by molar-refractivity contribution is 0.477. The first-order chi connectivity index (χ1) is 24.7. The predicted molar refractivity (Wildman–Crippen MR) is 228 cm³/mol. The number of hydrogen-bond acceptors (Lipinski definition) is 1. The fourth-order valence-electron chi connectivity index (χ4n) is 11.0. The maximum absolute atomic E-state index is 2.73. The van der Waals surface area contributed by atoms with Gasteiger partial charge < -0.3 is 4.90 Å². The van der Waals surface area contributed by atoms with Crippen LogP contribution in [0.4, 0.5) is 5.69 Å². The summed E-state index contributed by atoms with van der Waals surface area (Å²) in [7, 11) is 0. The first-order valence-electron chi connectivity index (χ1n) is 20.3. The van der Waals surface area contributed by atoms with E-state index in [4.69, 9.17) is 0 Å². The molecule has 272 valence electrons. The second-order valence-corrected chi connectivity index (χ2v) is 20.6. The molecule has 0 aliphatic heterocycles. The van der Waals surface area contributed by atoms with E-state index in [9.17, 15) is 0 Å². The quantitative estimate of drug-likeness (QED) is 0.206. The highest BCUT2D eigenvalue weighted by Crippen LogP contribution is 2.66. The Morgan fingerprint density at radius 1 is 0.660 bits per heavy atom. The second kappa shape index (κ2) is 10.8. The average molecular weight is 698 g/mol. The average Bonchev–Trinajstić information content (AvgIpc) is 3.46. The lowest BCUT2D eigenvalue weighted by Crippen LogP contribution is -2.36. The van der Waals surface area contributed by atoms with Gasteiger partial charge in [0.2, 0.25) is 0 Å². The molecule has 1 unspecified atom stereocenters. The van der Waals surface area contributed by atoms with Gasteiger partial charge in [-0.15, -0.1) is 0 Å². The van der Waals surface area contributed by atoms with Crippen LogP contribution in [0.5, 0.6) is 0 Å². The van der Waals surface area contributed by atoms with E-state index in [1.54, 1.807) is 16.7 Å². The van der Waals surface area contributed by atoms with Gasteiger partial charge in [0.15, 0.2) is 0 Å². The van der Waals surface area contributed by atoms with Crippen molar-refractivity contribution in [2.45, 2.75) is 132 Å². The number of anilines is 1. The summed E-state index contributed by atoms with van der Waals surface area (Å²) in [4.78, 5) is 2.73. The molecule has 53 heavy (non-hydrogen) atoms. The number of hydrogen-bond donors (Lipinski definition) is 0. The van der Waals surface area contributed by atoms with Gasteiger partial charge in [-0.1, -0.05) is 155 Å². The molecule has 5 aliphatic carbocycles. The molecule has 0 saturated heterocycles. The number of aryl methyl sites for hydroxylation is 1. The van der Waals surface area contributed by atoms with Crippen molar-refractivity contribution in [3.63, 3.8) is 0 Å². The third-order valence-electron chi connectivity index (χ3n) is 14.0. The van der Waals surface area contributed by atoms with Gasteiger partial charge >= 0.3 is 0 Å². The van der Waals surface area contributed by atoms with Crippen molar-refractivity contribution in [3.8, 4) is 22.3 Å². The highest BCUT2D eigenvalue weighted by Gasteiger charge is 2.51. The molecule has 0 aromatic heterocycles. The normalized spacial score (nSPS) is 21.2. The molecule has 9 rings (SSSR count). The molecule has 0 saturated carbocycles. The van der Waals surface area contributed by atoms with Crippen LogP contribution in [0.2, 0.25) is 0 Å². The van der Waals surface area contributed by atoms with E-state index in [-0.39, 0.29) is 33.1 Å². The van der Waals surface area contributed by atoms with Crippen LogP contribution in [0.25, 0.3) is 33.0 Å². The maximum atomic E-state index is 2.73. The summed E-state index contributed by atoms with van der Waals surface area (Å²) in [6.45, 7) is 31.4. The van der Waals surface area contributed by atoms with Crippen LogP contribution >= 0.6 is 0 Å². The van der Waals surface area contributed by atoms with Crippen LogP contribution in [-0.4, -0.2) is 6.04 Å². The zero-order chi connectivity index (χ0) is 37.8. The van der Waals surface area contributed by atoms with Gasteiger partial charge in [0.05, 0.1) is 6.04 Å². The molecule has 0 N–H and O–H groups in total. The molecule has 1 nitrogen and oxygen atoms in total. The molecule has 0 radical (unpaired) electrons. The molecular formula is C52H59N. The van der Waals surface area contributed by atoms with Crippen molar-refractivity contribution in [2.24, 2.45) is 10.8 Å². The molecule has 5 aliphatic rings. The Morgan fingerprint density at radius 3 is 1.96 bits per heavy atom. The molecule has 0 fully saturated rings. The first kappa shape index (κ1) is 34.7. The van der Waals surface area contributed by atoms with Crippen molar-refractivity contribution in [1.82, 2.24) is 0 Å². The summed E-state index contributed by atoms with van der Waals surface area (Å²) in [5.74, 6) is 0. The SMILES string of the molecule is Cc1ccc2c(c1)C(C)(C)c1c3c4c5c(cccc5c1-2)C(C)(C)c1cc(N(C2=CC=C(C(C)(C)C)CC2)C2C=CC(C(C)(C)C)=CC2)cc(c1-4)C3(C)C. The number of fused-ring (bicyclic) bond motifs is 5. The van der Waals surface area contributed by atoms with E-state index < -0.39 is 0 Å². The Hall–Kier alpha value is -4.10. The van der Waals surface area contributed by atoms with Crippen LogP contribution in [0.3, 0.4) is 0 Å². The summed E-state index contributed by atoms with van der Waals surface area (Å²) in [5, 5.41) is 2.92. The minimum atomic E-state index is -0.163. The Labute approximate surface area is 319 Å². The fraction of sp³-hybridized carbons (Fsp3) is 0.423. The van der Waals surface area contributed by atoms with E-state index >= 15 is 0 Å².